The SMILES string of the molecule is CC1(C)c2cc(-c3ccccc3)ccc2-c2ccc(-c3ccccc3-c3nc(-c4ccccc4)nc(-c4ccccc4)n3)cc2C1(C)C. The maximum atomic E-state index is 5.07. The van der Waals surface area contributed by atoms with Crippen molar-refractivity contribution in [3.63, 3.8) is 0 Å². The summed E-state index contributed by atoms with van der Waals surface area (Å²) in [5.41, 5.74) is 12.8. The highest BCUT2D eigenvalue weighted by molar-refractivity contribution is 5.87. The summed E-state index contributed by atoms with van der Waals surface area (Å²) in [6, 6.07) is 53.5. The van der Waals surface area contributed by atoms with E-state index in [0.717, 1.165) is 27.8 Å². The van der Waals surface area contributed by atoms with Crippen LogP contribution >= 0.6 is 0 Å². The maximum absolute atomic E-state index is 5.07. The summed E-state index contributed by atoms with van der Waals surface area (Å²) < 4.78 is 0. The molecule has 232 valence electrons. The zero-order chi connectivity index (χ0) is 32.9. The monoisotopic (exact) mass is 619 g/mol. The van der Waals surface area contributed by atoms with E-state index in [1.54, 1.807) is 0 Å². The molecule has 0 aliphatic heterocycles. The minimum Gasteiger partial charge on any atom is -0.208 e. The lowest BCUT2D eigenvalue weighted by molar-refractivity contribution is 0.299. The van der Waals surface area contributed by atoms with Crippen molar-refractivity contribution >= 4 is 0 Å². The Morgan fingerprint density at radius 3 is 1.23 bits per heavy atom. The van der Waals surface area contributed by atoms with Gasteiger partial charge in [0.25, 0.3) is 0 Å². The van der Waals surface area contributed by atoms with Crippen molar-refractivity contribution in [3.05, 3.63) is 163 Å². The van der Waals surface area contributed by atoms with Gasteiger partial charge in [-0.05, 0) is 67.5 Å². The fraction of sp³-hybridized carbons (Fsp3) is 0.133. The summed E-state index contributed by atoms with van der Waals surface area (Å²) >= 11 is 0. The average Bonchev–Trinajstić information content (AvgIpc) is 3.15. The van der Waals surface area contributed by atoms with Gasteiger partial charge in [0.05, 0.1) is 0 Å². The Balaban J connectivity index is 1.28. The lowest BCUT2D eigenvalue weighted by atomic mass is 9.55. The highest BCUT2D eigenvalue weighted by Crippen LogP contribution is 2.55. The highest BCUT2D eigenvalue weighted by Gasteiger charge is 2.46. The Kier molecular flexibility index (Phi) is 7.14. The Bertz CT molecular complexity index is 2210. The Morgan fingerprint density at radius 1 is 0.312 bits per heavy atom. The number of fused-ring (bicyclic) bond motifs is 3. The van der Waals surface area contributed by atoms with Crippen LogP contribution in [-0.4, -0.2) is 15.0 Å². The Hall–Kier alpha value is -5.67. The van der Waals surface area contributed by atoms with Crippen LogP contribution in [0.15, 0.2) is 152 Å². The molecule has 0 fully saturated rings. The standard InChI is InChI=1S/C45H37N3/c1-44(2)39-28-33(30-16-8-5-9-17-30)24-26-36(39)37-27-25-34(29-40(37)45(44,3)4)35-22-14-15-23-38(35)43-47-41(31-18-10-6-11-19-31)46-42(48-43)32-20-12-7-13-21-32/h5-29H,1-4H3. The molecular formula is C45H37N3. The lowest BCUT2D eigenvalue weighted by Gasteiger charge is -2.48. The van der Waals surface area contributed by atoms with Gasteiger partial charge in [0.1, 0.15) is 0 Å². The van der Waals surface area contributed by atoms with Crippen LogP contribution in [0, 0.1) is 0 Å². The molecule has 1 aliphatic rings. The molecule has 1 heterocycles. The van der Waals surface area contributed by atoms with Crippen molar-refractivity contribution in [1.29, 1.82) is 0 Å². The number of rotatable bonds is 5. The molecule has 0 saturated carbocycles. The van der Waals surface area contributed by atoms with E-state index < -0.39 is 0 Å². The molecule has 1 aliphatic carbocycles. The fourth-order valence-electron chi connectivity index (χ4n) is 7.10. The summed E-state index contributed by atoms with van der Waals surface area (Å²) in [5.74, 6) is 1.98. The number of hydrogen-bond donors (Lipinski definition) is 0. The van der Waals surface area contributed by atoms with Gasteiger partial charge in [-0.25, -0.2) is 15.0 Å². The van der Waals surface area contributed by atoms with Gasteiger partial charge in [0.2, 0.25) is 0 Å². The molecule has 8 rings (SSSR count). The average molecular weight is 620 g/mol. The molecule has 1 aromatic heterocycles. The molecule has 0 atom stereocenters. The summed E-state index contributed by atoms with van der Waals surface area (Å²) in [6.45, 7) is 9.57. The van der Waals surface area contributed by atoms with Crippen molar-refractivity contribution in [3.8, 4) is 67.5 Å². The van der Waals surface area contributed by atoms with Crippen LogP contribution in [0.4, 0.5) is 0 Å². The predicted octanol–water partition coefficient (Wildman–Crippen LogP) is 11.4. The van der Waals surface area contributed by atoms with Gasteiger partial charge in [-0.15, -0.1) is 0 Å². The molecule has 48 heavy (non-hydrogen) atoms. The highest BCUT2D eigenvalue weighted by atomic mass is 15.0. The molecular weight excluding hydrogens is 583 g/mol. The maximum Gasteiger partial charge on any atom is 0.164 e. The van der Waals surface area contributed by atoms with E-state index >= 15 is 0 Å². The van der Waals surface area contributed by atoms with E-state index in [1.807, 2.05) is 60.7 Å². The van der Waals surface area contributed by atoms with Crippen LogP contribution in [0.5, 0.6) is 0 Å². The van der Waals surface area contributed by atoms with Crippen molar-refractivity contribution in [2.24, 2.45) is 0 Å². The summed E-state index contributed by atoms with van der Waals surface area (Å²) in [6.07, 6.45) is 0. The van der Waals surface area contributed by atoms with E-state index in [0.29, 0.717) is 17.5 Å². The summed E-state index contributed by atoms with van der Waals surface area (Å²) in [5, 5.41) is 0. The first-order valence-electron chi connectivity index (χ1n) is 16.6. The van der Waals surface area contributed by atoms with Gasteiger partial charge >= 0.3 is 0 Å². The van der Waals surface area contributed by atoms with E-state index in [4.69, 9.17) is 15.0 Å². The predicted molar refractivity (Wildman–Crippen MR) is 198 cm³/mol. The third-order valence-corrected chi connectivity index (χ3v) is 10.5. The smallest absolute Gasteiger partial charge is 0.164 e. The second kappa shape index (κ2) is 11.5. The molecule has 0 radical (unpaired) electrons. The summed E-state index contributed by atoms with van der Waals surface area (Å²) in [7, 11) is 0. The normalized spacial score (nSPS) is 14.2. The van der Waals surface area contributed by atoms with Crippen molar-refractivity contribution in [1.82, 2.24) is 15.0 Å². The largest absolute Gasteiger partial charge is 0.208 e. The number of hydrogen-bond acceptors (Lipinski definition) is 3. The lowest BCUT2D eigenvalue weighted by Crippen LogP contribution is -2.43. The van der Waals surface area contributed by atoms with E-state index in [9.17, 15) is 0 Å². The van der Waals surface area contributed by atoms with E-state index in [-0.39, 0.29) is 10.8 Å². The van der Waals surface area contributed by atoms with Crippen LogP contribution in [-0.2, 0) is 10.8 Å². The molecule has 0 amide bonds. The quantitative estimate of drug-likeness (QED) is 0.192. The zero-order valence-corrected chi connectivity index (χ0v) is 27.8. The van der Waals surface area contributed by atoms with Crippen molar-refractivity contribution in [2.75, 3.05) is 0 Å². The minimum atomic E-state index is -0.135. The molecule has 3 heteroatoms. The van der Waals surface area contributed by atoms with Gasteiger partial charge in [0.15, 0.2) is 17.5 Å². The van der Waals surface area contributed by atoms with Crippen LogP contribution in [0.2, 0.25) is 0 Å². The van der Waals surface area contributed by atoms with E-state index in [2.05, 4.69) is 119 Å². The molecule has 0 saturated heterocycles. The number of nitrogens with zero attached hydrogens (tertiary/aromatic N) is 3. The van der Waals surface area contributed by atoms with Crippen LogP contribution < -0.4 is 0 Å². The molecule has 0 N–H and O–H groups in total. The first-order valence-corrected chi connectivity index (χ1v) is 16.6. The van der Waals surface area contributed by atoms with Gasteiger partial charge in [-0.3, -0.25) is 0 Å². The van der Waals surface area contributed by atoms with Crippen molar-refractivity contribution in [2.45, 2.75) is 38.5 Å². The van der Waals surface area contributed by atoms with Crippen LogP contribution in [0.25, 0.3) is 67.5 Å². The Labute approximate surface area is 283 Å². The second-order valence-corrected chi connectivity index (χ2v) is 13.7. The van der Waals surface area contributed by atoms with E-state index in [1.165, 1.54) is 33.4 Å². The third kappa shape index (κ3) is 4.94. The topological polar surface area (TPSA) is 38.7 Å². The fourth-order valence-corrected chi connectivity index (χ4v) is 7.10. The third-order valence-electron chi connectivity index (χ3n) is 10.5. The van der Waals surface area contributed by atoms with Crippen LogP contribution in [0.1, 0.15) is 38.8 Å². The van der Waals surface area contributed by atoms with Gasteiger partial charge in [0, 0.05) is 16.7 Å². The first kappa shape index (κ1) is 29.7. The minimum absolute atomic E-state index is 0.109. The second-order valence-electron chi connectivity index (χ2n) is 13.7. The molecule has 0 unspecified atom stereocenters. The Morgan fingerprint density at radius 2 is 0.708 bits per heavy atom. The molecule has 0 bridgehead atoms. The molecule has 3 nitrogen and oxygen atoms in total. The number of aromatic nitrogens is 3. The molecule has 7 aromatic rings. The molecule has 6 aromatic carbocycles. The van der Waals surface area contributed by atoms with Crippen LogP contribution in [0.3, 0.4) is 0 Å². The first-order chi connectivity index (χ1) is 23.3. The number of benzene rings is 6. The van der Waals surface area contributed by atoms with Gasteiger partial charge < -0.3 is 0 Å². The summed E-state index contributed by atoms with van der Waals surface area (Å²) in [4.78, 5) is 15.0. The van der Waals surface area contributed by atoms with Crippen molar-refractivity contribution < 1.29 is 0 Å². The van der Waals surface area contributed by atoms with Gasteiger partial charge in [-0.2, -0.15) is 0 Å². The zero-order valence-electron chi connectivity index (χ0n) is 27.8. The molecule has 0 spiro atoms. The van der Waals surface area contributed by atoms with Gasteiger partial charge in [-0.1, -0.05) is 167 Å².